The van der Waals surface area contributed by atoms with E-state index in [1.54, 1.807) is 11.1 Å². The number of rotatable bonds is 41. The van der Waals surface area contributed by atoms with Crippen molar-refractivity contribution in [3.63, 3.8) is 0 Å². The summed E-state index contributed by atoms with van der Waals surface area (Å²) in [4.78, 5) is 4.64. The molecule has 4 heteroatoms. The first kappa shape index (κ1) is 86.0. The maximum absolute atomic E-state index is 6.12. The van der Waals surface area contributed by atoms with Gasteiger partial charge in [-0.2, -0.15) is 0 Å². The molecule has 586 valence electrons. The van der Waals surface area contributed by atoms with Crippen LogP contribution in [0.3, 0.4) is 0 Å². The Labute approximate surface area is 674 Å². The van der Waals surface area contributed by atoms with Gasteiger partial charge >= 0.3 is 0 Å². The highest BCUT2D eigenvalue weighted by atomic mass is 16.5. The third-order valence-corrected chi connectivity index (χ3v) is 22.9. The van der Waals surface area contributed by atoms with Crippen LogP contribution in [0.4, 0.5) is 34.1 Å². The molecule has 0 heterocycles. The molecule has 0 radical (unpaired) electrons. The fourth-order valence-electron chi connectivity index (χ4n) is 15.8. The molecule has 0 fully saturated rings. The Morgan fingerprint density at radius 3 is 0.910 bits per heavy atom. The number of aryl methyl sites for hydroxylation is 8. The van der Waals surface area contributed by atoms with Gasteiger partial charge < -0.3 is 19.3 Å². The highest BCUT2D eigenvalue weighted by Crippen LogP contribution is 2.55. The molecule has 10 aromatic rings. The molecule has 1 aliphatic carbocycles. The van der Waals surface area contributed by atoms with E-state index in [2.05, 4.69) is 323 Å². The largest absolute Gasteiger partial charge is 0.493 e. The van der Waals surface area contributed by atoms with Crippen LogP contribution in [-0.2, 0) is 5.41 Å². The molecule has 10 aromatic carbocycles. The molecule has 0 N–H and O–H groups in total. The molecule has 0 spiro atoms. The van der Waals surface area contributed by atoms with Gasteiger partial charge in [-0.15, -0.1) is 0 Å². The van der Waals surface area contributed by atoms with Crippen molar-refractivity contribution >= 4 is 34.1 Å². The van der Waals surface area contributed by atoms with Gasteiger partial charge in [0.05, 0.1) is 13.2 Å². The molecule has 0 saturated heterocycles. The Morgan fingerprint density at radius 1 is 0.261 bits per heavy atom. The molecule has 0 aromatic heterocycles. The van der Waals surface area contributed by atoms with Crippen molar-refractivity contribution in [2.24, 2.45) is 0 Å². The molecule has 0 bridgehead atoms. The Balaban J connectivity index is 0.000000194. The smallest absolute Gasteiger partial charge is 0.123 e. The standard InChI is InChI=1S/C40H36N2.C36H54O2.C31H46/c1-29-15-21-39(27-31(29)3)41(35-11-7-5-8-12-35)37-23-17-33(18-24-37)34-19-25-38(26-20-34)42(36-13-9-6-10-14-36)40-22-16-30(2)32(4)28-40;1-5-7-9-11-13-15-17-19-27-37-35-29-33(23-21-31(35)3)25-26-34-24-22-32(4)36(30-34)38-28-20-18-16-14-12-10-8-6-2;1-5-7-9-11-13-15-21-31(22-16-14-12-10-8-6-2)29-23-25(3)17-19-27(29)28-20-18-26(4)24-30(28)31/h5-28H,1-4H3;21-24,29-30H,5-20,27-28H2,1-4H3;17-20,23-24H,5-16,21-22H2,1-4H3. The monoisotopic (exact) mass is 1480 g/mol. The van der Waals surface area contributed by atoms with Gasteiger partial charge in [-0.25, -0.2) is 0 Å². The van der Waals surface area contributed by atoms with E-state index in [4.69, 9.17) is 9.47 Å². The predicted octanol–water partition coefficient (Wildman–Crippen LogP) is 32.3. The van der Waals surface area contributed by atoms with E-state index in [9.17, 15) is 0 Å². The lowest BCUT2D eigenvalue weighted by Crippen LogP contribution is -2.25. The average molecular weight is 1480 g/mol. The van der Waals surface area contributed by atoms with Crippen LogP contribution >= 0.6 is 0 Å². The maximum Gasteiger partial charge on any atom is 0.123 e. The first-order valence-corrected chi connectivity index (χ1v) is 43.5. The minimum atomic E-state index is 0.234. The van der Waals surface area contributed by atoms with E-state index in [1.165, 1.54) is 247 Å². The van der Waals surface area contributed by atoms with E-state index in [0.717, 1.165) is 82.8 Å². The zero-order valence-electron chi connectivity index (χ0n) is 70.6. The van der Waals surface area contributed by atoms with E-state index in [0.29, 0.717) is 0 Å². The van der Waals surface area contributed by atoms with Crippen LogP contribution in [0.25, 0.3) is 22.3 Å². The highest BCUT2D eigenvalue weighted by molar-refractivity contribution is 5.83. The second-order valence-corrected chi connectivity index (χ2v) is 32.0. The number of fused-ring (bicyclic) bond motifs is 3. The first-order valence-electron chi connectivity index (χ1n) is 43.5. The van der Waals surface area contributed by atoms with Crippen molar-refractivity contribution in [3.8, 4) is 45.6 Å². The summed E-state index contributed by atoms with van der Waals surface area (Å²) in [6.07, 6.45) is 40.2. The summed E-state index contributed by atoms with van der Waals surface area (Å²) in [5, 5.41) is 0. The van der Waals surface area contributed by atoms with Gasteiger partial charge in [-0.1, -0.05) is 339 Å². The number of unbranched alkanes of at least 4 members (excludes halogenated alkanes) is 24. The molecule has 0 saturated carbocycles. The van der Waals surface area contributed by atoms with Crippen LogP contribution in [0.1, 0.15) is 287 Å². The van der Waals surface area contributed by atoms with Gasteiger partial charge in [-0.3, -0.25) is 0 Å². The van der Waals surface area contributed by atoms with Gasteiger partial charge in [0, 0.05) is 50.7 Å². The fourth-order valence-corrected chi connectivity index (χ4v) is 15.8. The zero-order chi connectivity index (χ0) is 78.4. The van der Waals surface area contributed by atoms with Crippen molar-refractivity contribution < 1.29 is 9.47 Å². The minimum Gasteiger partial charge on any atom is -0.493 e. The molecule has 0 unspecified atom stereocenters. The van der Waals surface area contributed by atoms with Crippen molar-refractivity contribution in [1.82, 2.24) is 0 Å². The predicted molar refractivity (Wildman–Crippen MR) is 483 cm³/mol. The van der Waals surface area contributed by atoms with Gasteiger partial charge in [0.25, 0.3) is 0 Å². The normalized spacial score (nSPS) is 11.7. The number of nitrogens with zero attached hydrogens (tertiary/aromatic N) is 2. The summed E-state index contributed by atoms with van der Waals surface area (Å²) in [5.74, 6) is 8.57. The van der Waals surface area contributed by atoms with Gasteiger partial charge in [0.1, 0.15) is 11.5 Å². The van der Waals surface area contributed by atoms with Crippen LogP contribution < -0.4 is 19.3 Å². The van der Waals surface area contributed by atoms with Crippen LogP contribution in [-0.4, -0.2) is 13.2 Å². The Hall–Kier alpha value is -9.04. The summed E-state index contributed by atoms with van der Waals surface area (Å²) in [5.41, 5.74) is 28.1. The average Bonchev–Trinajstić information content (AvgIpc) is 1.58. The lowest BCUT2D eigenvalue weighted by Gasteiger charge is -2.33. The highest BCUT2D eigenvalue weighted by Gasteiger charge is 2.42. The summed E-state index contributed by atoms with van der Waals surface area (Å²) in [6.45, 7) is 28.2. The summed E-state index contributed by atoms with van der Waals surface area (Å²) in [7, 11) is 0. The van der Waals surface area contributed by atoms with Crippen LogP contribution in [0.2, 0.25) is 0 Å². The molecule has 1 aliphatic rings. The number of hydrogen-bond donors (Lipinski definition) is 0. The fraction of sp³-hybridized carbons (Fsp3) is 0.421. The van der Waals surface area contributed by atoms with Gasteiger partial charge in [-0.05, 0) is 245 Å². The Morgan fingerprint density at radius 2 is 0.568 bits per heavy atom. The number of para-hydroxylation sites is 2. The van der Waals surface area contributed by atoms with Crippen molar-refractivity contribution in [1.29, 1.82) is 0 Å². The summed E-state index contributed by atoms with van der Waals surface area (Å²) < 4.78 is 12.2. The number of hydrogen-bond acceptors (Lipinski definition) is 4. The van der Waals surface area contributed by atoms with Crippen LogP contribution in [0, 0.1) is 67.2 Å². The van der Waals surface area contributed by atoms with E-state index >= 15 is 0 Å². The molecule has 4 nitrogen and oxygen atoms in total. The molecule has 0 amide bonds. The Kier molecular flexibility index (Phi) is 36.2. The molecule has 0 atom stereocenters. The number of ether oxygens (including phenoxy) is 2. The van der Waals surface area contributed by atoms with Gasteiger partial charge in [0.15, 0.2) is 0 Å². The molecular formula is C107H136N2O2. The third-order valence-electron chi connectivity index (χ3n) is 22.9. The van der Waals surface area contributed by atoms with Crippen molar-refractivity contribution in [2.45, 2.75) is 281 Å². The number of anilines is 6. The number of benzene rings is 10. The van der Waals surface area contributed by atoms with E-state index in [1.807, 2.05) is 0 Å². The van der Waals surface area contributed by atoms with Crippen LogP contribution in [0.5, 0.6) is 11.5 Å². The minimum absolute atomic E-state index is 0.234. The van der Waals surface area contributed by atoms with Crippen LogP contribution in [0.15, 0.2) is 218 Å². The quantitative estimate of drug-likeness (QED) is 0.0282. The molecule has 11 rings (SSSR count). The second kappa shape index (κ2) is 46.7. The van der Waals surface area contributed by atoms with Crippen molar-refractivity contribution in [2.75, 3.05) is 23.0 Å². The summed E-state index contributed by atoms with van der Waals surface area (Å²) >= 11 is 0. The lowest BCUT2D eigenvalue weighted by atomic mass is 9.70. The van der Waals surface area contributed by atoms with Gasteiger partial charge in [0.2, 0.25) is 0 Å². The molecule has 0 aliphatic heterocycles. The lowest BCUT2D eigenvalue weighted by molar-refractivity contribution is 0.302. The SMILES string of the molecule is CCCCCCCCC1(CCCCCCCC)c2cc(C)ccc2-c2ccc(C)cc21.CCCCCCCCCCOc1cc(C#Cc2ccc(C)c(OCCCCCCCCCC)c2)ccc1C.Cc1ccc(N(c2ccccc2)c2ccc(-c3ccc(N(c4ccccc4)c4ccc(C)c(C)c4)cc3)cc2)cc1C. The molecular weight excluding hydrogens is 1350 g/mol. The topological polar surface area (TPSA) is 24.9 Å². The first-order chi connectivity index (χ1) is 54.2. The molecule has 111 heavy (non-hydrogen) atoms. The second-order valence-electron chi connectivity index (χ2n) is 32.0. The van der Waals surface area contributed by atoms with E-state index < -0.39 is 0 Å². The third kappa shape index (κ3) is 26.3. The van der Waals surface area contributed by atoms with E-state index in [-0.39, 0.29) is 5.41 Å². The maximum atomic E-state index is 6.12. The zero-order valence-corrected chi connectivity index (χ0v) is 70.6. The Bertz CT molecular complexity index is 4140. The summed E-state index contributed by atoms with van der Waals surface area (Å²) in [6, 6.07) is 79.3. The van der Waals surface area contributed by atoms with Crippen molar-refractivity contribution in [3.05, 3.63) is 285 Å².